The van der Waals surface area contributed by atoms with Gasteiger partial charge in [-0.2, -0.15) is 11.3 Å². The van der Waals surface area contributed by atoms with E-state index in [0.717, 1.165) is 39.0 Å². The number of nitrogens with zero attached hydrogens (tertiary/aromatic N) is 3. The Bertz CT molecular complexity index is 1490. The number of aromatic nitrogens is 3. The summed E-state index contributed by atoms with van der Waals surface area (Å²) in [7, 11) is 0. The van der Waals surface area contributed by atoms with Gasteiger partial charge < -0.3 is 21.5 Å². The van der Waals surface area contributed by atoms with Crippen molar-refractivity contribution in [3.63, 3.8) is 0 Å². The molecule has 0 saturated heterocycles. The molecule has 5 aromatic rings. The molecule has 0 aliphatic rings. The van der Waals surface area contributed by atoms with E-state index in [1.54, 1.807) is 11.3 Å². The summed E-state index contributed by atoms with van der Waals surface area (Å²) in [5.41, 5.74) is 11.6. The normalized spacial score (nSPS) is 12.4. The van der Waals surface area contributed by atoms with Gasteiger partial charge in [0.05, 0.1) is 22.9 Å². The van der Waals surface area contributed by atoms with Crippen LogP contribution in [-0.2, 0) is 13.1 Å². The van der Waals surface area contributed by atoms with Gasteiger partial charge in [0.15, 0.2) is 5.13 Å². The second-order valence-corrected chi connectivity index (χ2v) is 10.5. The number of carbonyl (C=O) groups is 1. The summed E-state index contributed by atoms with van der Waals surface area (Å²) in [6.45, 7) is 3.20. The molecule has 0 radical (unpaired) electrons. The highest BCUT2D eigenvalue weighted by atomic mass is 32.1. The lowest BCUT2D eigenvalue weighted by Crippen LogP contribution is -2.38. The average Bonchev–Trinajstić information content (AvgIpc) is 3.61. The van der Waals surface area contributed by atoms with Crippen molar-refractivity contribution in [2.24, 2.45) is 0 Å². The van der Waals surface area contributed by atoms with Crippen LogP contribution in [0.25, 0.3) is 27.1 Å². The van der Waals surface area contributed by atoms with E-state index >= 15 is 0 Å². The summed E-state index contributed by atoms with van der Waals surface area (Å²) in [6.07, 6.45) is 3.45. The number of pyridine rings is 1. The van der Waals surface area contributed by atoms with Crippen molar-refractivity contribution in [2.45, 2.75) is 38.9 Å². The first-order valence-corrected chi connectivity index (χ1v) is 13.6. The summed E-state index contributed by atoms with van der Waals surface area (Å²) in [5, 5.41) is 20.7. The highest BCUT2D eigenvalue weighted by molar-refractivity contribution is 7.22. The van der Waals surface area contributed by atoms with Crippen LogP contribution in [0.5, 0.6) is 0 Å². The number of thiazole rings is 1. The smallest absolute Gasteiger partial charge is 0.270 e. The molecule has 4 heterocycles. The molecule has 186 valence electrons. The molecule has 36 heavy (non-hydrogen) atoms. The number of nitrogens with one attached hydrogen (secondary N) is 2. The number of anilines is 1. The molecular formula is C26H28N6O2S2. The van der Waals surface area contributed by atoms with Crippen LogP contribution in [0.1, 0.15) is 41.4 Å². The minimum absolute atomic E-state index is 0.0980. The number of hydrogen-bond acceptors (Lipinski definition) is 8. The Balaban J connectivity index is 1.42. The molecule has 5 rings (SSSR count). The van der Waals surface area contributed by atoms with Crippen LogP contribution in [0.4, 0.5) is 5.13 Å². The first-order chi connectivity index (χ1) is 17.6. The Morgan fingerprint density at radius 3 is 2.89 bits per heavy atom. The molecule has 0 unspecified atom stereocenters. The molecule has 5 N–H and O–H groups in total. The third kappa shape index (κ3) is 4.98. The highest BCUT2D eigenvalue weighted by Crippen LogP contribution is 2.28. The predicted molar refractivity (Wildman–Crippen MR) is 146 cm³/mol. The van der Waals surface area contributed by atoms with Gasteiger partial charge in [-0.3, -0.25) is 9.20 Å². The lowest BCUT2D eigenvalue weighted by Gasteiger charge is -2.15. The fraction of sp³-hybridized carbons (Fsp3) is 0.269. The highest BCUT2D eigenvalue weighted by Gasteiger charge is 2.24. The van der Waals surface area contributed by atoms with Crippen LogP contribution in [0.3, 0.4) is 0 Å². The minimum atomic E-state index is -0.292. The molecule has 1 amide bonds. The van der Waals surface area contributed by atoms with Crippen molar-refractivity contribution in [3.05, 3.63) is 70.2 Å². The topological polar surface area (TPSA) is 118 Å². The minimum Gasteiger partial charge on any atom is -0.394 e. The second kappa shape index (κ2) is 10.8. The van der Waals surface area contributed by atoms with Gasteiger partial charge in [-0.1, -0.05) is 36.8 Å². The Labute approximate surface area is 216 Å². The number of nitrogens with two attached hydrogens (primary N) is 1. The van der Waals surface area contributed by atoms with Crippen LogP contribution in [0, 0.1) is 0 Å². The quantitative estimate of drug-likeness (QED) is 0.216. The number of rotatable bonds is 10. The first kappa shape index (κ1) is 24.4. The maximum Gasteiger partial charge on any atom is 0.270 e. The van der Waals surface area contributed by atoms with E-state index < -0.39 is 0 Å². The number of fused-ring (bicyclic) bond motifs is 2. The third-order valence-corrected chi connectivity index (χ3v) is 7.58. The maximum absolute atomic E-state index is 13.4. The zero-order chi connectivity index (χ0) is 25.1. The van der Waals surface area contributed by atoms with Crippen LogP contribution < -0.4 is 16.4 Å². The van der Waals surface area contributed by atoms with Crippen LogP contribution in [0.15, 0.2) is 53.4 Å². The van der Waals surface area contributed by atoms with Crippen molar-refractivity contribution < 1.29 is 9.90 Å². The van der Waals surface area contributed by atoms with Gasteiger partial charge in [-0.25, -0.2) is 9.97 Å². The van der Waals surface area contributed by atoms with E-state index in [0.29, 0.717) is 36.0 Å². The number of amides is 1. The number of thiophene rings is 1. The average molecular weight is 521 g/mol. The van der Waals surface area contributed by atoms with Crippen molar-refractivity contribution in [1.82, 2.24) is 25.0 Å². The molecule has 0 fully saturated rings. The van der Waals surface area contributed by atoms with Crippen molar-refractivity contribution in [2.75, 3.05) is 12.3 Å². The number of aliphatic hydroxyl groups excluding tert-OH is 1. The first-order valence-electron chi connectivity index (χ1n) is 11.9. The lowest BCUT2D eigenvalue weighted by atomic mass is 10.1. The number of carbonyl (C=O) groups excluding carboxylic acids is 1. The van der Waals surface area contributed by atoms with E-state index in [2.05, 4.69) is 27.8 Å². The van der Waals surface area contributed by atoms with Gasteiger partial charge in [0, 0.05) is 35.8 Å². The molecule has 0 aliphatic carbocycles. The summed E-state index contributed by atoms with van der Waals surface area (Å²) in [5.74, 6) is -0.238. The molecule has 0 spiro atoms. The van der Waals surface area contributed by atoms with E-state index in [9.17, 15) is 9.90 Å². The van der Waals surface area contributed by atoms with Gasteiger partial charge in [0.25, 0.3) is 5.91 Å². The standard InChI is InChI=1S/C26H28N6O2S2/c1-2-4-19(14-33)29-25(34)23-22(18-8-10-35-15-18)31-24-17(5-3-9-32(23)24)13-28-12-16-6-7-20-21(11-16)36-26(27)30-20/h3,5-11,15,19,28,33H,2,4,12-14H2,1H3,(H2,27,30)(H,29,34)/t19-/m0/s1. The van der Waals surface area contributed by atoms with E-state index in [1.807, 2.05) is 52.5 Å². The zero-order valence-corrected chi connectivity index (χ0v) is 21.5. The monoisotopic (exact) mass is 520 g/mol. The van der Waals surface area contributed by atoms with Crippen molar-refractivity contribution >= 4 is 49.6 Å². The fourth-order valence-electron chi connectivity index (χ4n) is 4.33. The van der Waals surface area contributed by atoms with E-state index in [-0.39, 0.29) is 18.6 Å². The largest absolute Gasteiger partial charge is 0.394 e. The van der Waals surface area contributed by atoms with Gasteiger partial charge in [-0.05, 0) is 41.6 Å². The Morgan fingerprint density at radius 1 is 1.22 bits per heavy atom. The molecular weight excluding hydrogens is 492 g/mol. The number of aliphatic hydroxyl groups is 1. The molecule has 1 aromatic carbocycles. The number of imidazole rings is 1. The molecule has 10 heteroatoms. The van der Waals surface area contributed by atoms with E-state index in [1.165, 1.54) is 11.3 Å². The predicted octanol–water partition coefficient (Wildman–Crippen LogP) is 4.44. The number of benzene rings is 1. The van der Waals surface area contributed by atoms with Crippen molar-refractivity contribution in [1.29, 1.82) is 0 Å². The molecule has 1 atom stereocenters. The molecule has 0 bridgehead atoms. The molecule has 0 aliphatic heterocycles. The van der Waals surface area contributed by atoms with E-state index in [4.69, 9.17) is 10.7 Å². The van der Waals surface area contributed by atoms with Gasteiger partial charge in [0.1, 0.15) is 17.0 Å². The zero-order valence-electron chi connectivity index (χ0n) is 19.9. The summed E-state index contributed by atoms with van der Waals surface area (Å²) in [4.78, 5) is 22.6. The summed E-state index contributed by atoms with van der Waals surface area (Å²) in [6, 6.07) is 11.8. The fourth-order valence-corrected chi connectivity index (χ4v) is 5.77. The Kier molecular flexibility index (Phi) is 7.28. The lowest BCUT2D eigenvalue weighted by molar-refractivity contribution is 0.0907. The summed E-state index contributed by atoms with van der Waals surface area (Å²) >= 11 is 3.05. The van der Waals surface area contributed by atoms with Gasteiger partial charge >= 0.3 is 0 Å². The molecule has 0 saturated carbocycles. The van der Waals surface area contributed by atoms with Crippen LogP contribution in [-0.4, -0.2) is 38.0 Å². The number of hydrogen-bond donors (Lipinski definition) is 4. The Morgan fingerprint density at radius 2 is 2.11 bits per heavy atom. The third-order valence-electron chi connectivity index (χ3n) is 6.05. The Hall–Kier alpha value is -3.31. The molecule has 8 nitrogen and oxygen atoms in total. The number of nitrogen functional groups attached to an aromatic ring is 1. The molecule has 4 aromatic heterocycles. The van der Waals surface area contributed by atoms with Crippen LogP contribution in [0.2, 0.25) is 0 Å². The van der Waals surface area contributed by atoms with Crippen LogP contribution >= 0.6 is 22.7 Å². The van der Waals surface area contributed by atoms with Gasteiger partial charge in [0.2, 0.25) is 0 Å². The SMILES string of the molecule is CCC[C@@H](CO)NC(=O)c1c(-c2ccsc2)nc2c(CNCc3ccc4nc(N)sc4c3)cccn12. The second-order valence-electron chi connectivity index (χ2n) is 8.65. The van der Waals surface area contributed by atoms with Crippen molar-refractivity contribution in [3.8, 4) is 11.3 Å². The maximum atomic E-state index is 13.4. The summed E-state index contributed by atoms with van der Waals surface area (Å²) < 4.78 is 2.92. The van der Waals surface area contributed by atoms with Gasteiger partial charge in [-0.15, -0.1) is 0 Å².